The minimum Gasteiger partial charge on any atom is -0.376 e. The molecule has 0 aromatic heterocycles. The molecule has 0 bridgehead atoms. The summed E-state index contributed by atoms with van der Waals surface area (Å²) in [6.07, 6.45) is 5.73. The van der Waals surface area contributed by atoms with E-state index >= 15 is 0 Å². The maximum Gasteiger partial charge on any atom is 0.237 e. The summed E-state index contributed by atoms with van der Waals surface area (Å²) < 4.78 is 5.61. The van der Waals surface area contributed by atoms with E-state index in [4.69, 9.17) is 4.74 Å². The second-order valence-electron chi connectivity index (χ2n) is 5.65. The van der Waals surface area contributed by atoms with Crippen molar-refractivity contribution in [1.29, 1.82) is 0 Å². The molecule has 2 aliphatic heterocycles. The highest BCUT2D eigenvalue weighted by molar-refractivity contribution is 5.82. The van der Waals surface area contributed by atoms with Crippen molar-refractivity contribution >= 4 is 5.91 Å². The van der Waals surface area contributed by atoms with Crippen molar-refractivity contribution in [1.82, 2.24) is 10.6 Å². The quantitative estimate of drug-likeness (QED) is 0.798. The largest absolute Gasteiger partial charge is 0.376 e. The van der Waals surface area contributed by atoms with E-state index in [1.54, 1.807) is 0 Å². The second-order valence-corrected chi connectivity index (χ2v) is 5.65. The molecule has 1 amide bonds. The molecule has 104 valence electrons. The molecule has 2 heterocycles. The van der Waals surface area contributed by atoms with E-state index < -0.39 is 0 Å². The lowest BCUT2D eigenvalue weighted by atomic mass is 9.90. The molecule has 0 aliphatic carbocycles. The average Bonchev–Trinajstić information content (AvgIpc) is 2.92. The Morgan fingerprint density at radius 1 is 1.50 bits per heavy atom. The molecule has 0 saturated carbocycles. The Morgan fingerprint density at radius 2 is 2.33 bits per heavy atom. The van der Waals surface area contributed by atoms with E-state index in [0.29, 0.717) is 5.92 Å². The van der Waals surface area contributed by atoms with Gasteiger partial charge in [0.05, 0.1) is 18.2 Å². The Bertz CT molecular complexity index is 277. The number of hydrogen-bond acceptors (Lipinski definition) is 3. The van der Waals surface area contributed by atoms with Crippen LogP contribution in [0.1, 0.15) is 46.0 Å². The third-order valence-electron chi connectivity index (χ3n) is 4.30. The van der Waals surface area contributed by atoms with E-state index in [1.165, 1.54) is 12.8 Å². The van der Waals surface area contributed by atoms with Crippen molar-refractivity contribution in [3.63, 3.8) is 0 Å². The predicted molar refractivity (Wildman–Crippen MR) is 71.4 cm³/mol. The average molecular weight is 254 g/mol. The van der Waals surface area contributed by atoms with Gasteiger partial charge in [0, 0.05) is 6.61 Å². The van der Waals surface area contributed by atoms with Crippen LogP contribution in [0.5, 0.6) is 0 Å². The van der Waals surface area contributed by atoms with E-state index in [0.717, 1.165) is 32.4 Å². The smallest absolute Gasteiger partial charge is 0.237 e. The van der Waals surface area contributed by atoms with Crippen molar-refractivity contribution in [2.45, 2.75) is 64.1 Å². The lowest BCUT2D eigenvalue weighted by Crippen LogP contribution is -2.52. The zero-order valence-electron chi connectivity index (χ0n) is 11.6. The van der Waals surface area contributed by atoms with Crippen LogP contribution in [0.15, 0.2) is 0 Å². The zero-order valence-corrected chi connectivity index (χ0v) is 11.6. The number of ether oxygens (including phenoxy) is 1. The number of carbonyl (C=O) groups excluding carboxylic acids is 1. The molecular weight excluding hydrogens is 228 g/mol. The normalized spacial score (nSPS) is 34.2. The summed E-state index contributed by atoms with van der Waals surface area (Å²) in [6, 6.07) is 0.122. The summed E-state index contributed by atoms with van der Waals surface area (Å²) >= 11 is 0. The fraction of sp³-hybridized carbons (Fsp3) is 0.929. The van der Waals surface area contributed by atoms with Crippen LogP contribution in [0.2, 0.25) is 0 Å². The number of hydrogen-bond donors (Lipinski definition) is 2. The highest BCUT2D eigenvalue weighted by Crippen LogP contribution is 2.20. The molecule has 4 heteroatoms. The number of nitrogens with one attached hydrogen (secondary N) is 2. The third-order valence-corrected chi connectivity index (χ3v) is 4.30. The number of amides is 1. The van der Waals surface area contributed by atoms with Crippen molar-refractivity contribution in [2.75, 3.05) is 13.2 Å². The van der Waals surface area contributed by atoms with E-state index in [-0.39, 0.29) is 24.1 Å². The number of piperidine rings is 1. The molecule has 4 unspecified atom stereocenters. The van der Waals surface area contributed by atoms with Crippen LogP contribution in [0.25, 0.3) is 0 Å². The first-order valence-corrected chi connectivity index (χ1v) is 7.36. The topological polar surface area (TPSA) is 50.4 Å². The van der Waals surface area contributed by atoms with Crippen LogP contribution < -0.4 is 10.6 Å². The van der Waals surface area contributed by atoms with Gasteiger partial charge < -0.3 is 15.4 Å². The molecule has 2 N–H and O–H groups in total. The van der Waals surface area contributed by atoms with Gasteiger partial charge in [0.25, 0.3) is 0 Å². The van der Waals surface area contributed by atoms with E-state index in [1.807, 2.05) is 6.92 Å². The Kier molecular flexibility index (Phi) is 5.01. The van der Waals surface area contributed by atoms with Crippen LogP contribution in [0.4, 0.5) is 0 Å². The van der Waals surface area contributed by atoms with Crippen molar-refractivity contribution in [2.24, 2.45) is 5.92 Å². The monoisotopic (exact) mass is 254 g/mol. The molecule has 2 rings (SSSR count). The van der Waals surface area contributed by atoms with E-state index in [2.05, 4.69) is 17.6 Å². The molecule has 0 aromatic rings. The third kappa shape index (κ3) is 3.45. The second kappa shape index (κ2) is 6.53. The standard InChI is InChI=1S/C14H26N2O2/c1-3-11-6-7-15-12(9-11)14(17)16-10(2)13-5-4-8-18-13/h10-13,15H,3-9H2,1-2H3,(H,16,17). The minimum atomic E-state index is -0.00690. The van der Waals surface area contributed by atoms with E-state index in [9.17, 15) is 4.79 Å². The van der Waals surface area contributed by atoms with Crippen LogP contribution in [0.3, 0.4) is 0 Å². The Morgan fingerprint density at radius 3 is 3.00 bits per heavy atom. The van der Waals surface area contributed by atoms with Gasteiger partial charge in [0.2, 0.25) is 5.91 Å². The fourth-order valence-electron chi connectivity index (χ4n) is 2.98. The summed E-state index contributed by atoms with van der Waals surface area (Å²) in [4.78, 5) is 12.2. The Hall–Kier alpha value is -0.610. The Balaban J connectivity index is 1.79. The molecule has 4 nitrogen and oxygen atoms in total. The first kappa shape index (κ1) is 13.8. The molecule has 2 fully saturated rings. The first-order valence-electron chi connectivity index (χ1n) is 7.36. The highest BCUT2D eigenvalue weighted by atomic mass is 16.5. The molecule has 2 saturated heterocycles. The maximum atomic E-state index is 12.2. The highest BCUT2D eigenvalue weighted by Gasteiger charge is 2.29. The van der Waals surface area contributed by atoms with Crippen LogP contribution in [0, 0.1) is 5.92 Å². The minimum absolute atomic E-state index is 0.00690. The zero-order chi connectivity index (χ0) is 13.0. The Labute approximate surface area is 110 Å². The van der Waals surface area contributed by atoms with Gasteiger partial charge in [-0.25, -0.2) is 0 Å². The fourth-order valence-corrected chi connectivity index (χ4v) is 2.98. The molecule has 4 atom stereocenters. The molecule has 18 heavy (non-hydrogen) atoms. The summed E-state index contributed by atoms with van der Waals surface area (Å²) in [6.45, 7) is 6.06. The van der Waals surface area contributed by atoms with Gasteiger partial charge in [0.15, 0.2) is 0 Å². The lowest BCUT2D eigenvalue weighted by molar-refractivity contribution is -0.125. The van der Waals surface area contributed by atoms with Gasteiger partial charge in [-0.2, -0.15) is 0 Å². The molecular formula is C14H26N2O2. The van der Waals surface area contributed by atoms with Crippen molar-refractivity contribution in [3.05, 3.63) is 0 Å². The van der Waals surface area contributed by atoms with Gasteiger partial charge in [-0.05, 0) is 45.1 Å². The SMILES string of the molecule is CCC1CCNC(C(=O)NC(C)C2CCCO2)C1. The lowest BCUT2D eigenvalue weighted by Gasteiger charge is -2.30. The van der Waals surface area contributed by atoms with Gasteiger partial charge in [-0.15, -0.1) is 0 Å². The van der Waals surface area contributed by atoms with Crippen LogP contribution >= 0.6 is 0 Å². The van der Waals surface area contributed by atoms with Gasteiger partial charge in [0.1, 0.15) is 0 Å². The van der Waals surface area contributed by atoms with Gasteiger partial charge in [-0.1, -0.05) is 13.3 Å². The van der Waals surface area contributed by atoms with Crippen LogP contribution in [-0.4, -0.2) is 37.2 Å². The maximum absolute atomic E-state index is 12.2. The first-order chi connectivity index (χ1) is 8.70. The van der Waals surface area contributed by atoms with Crippen molar-refractivity contribution in [3.8, 4) is 0 Å². The molecule has 0 spiro atoms. The molecule has 2 aliphatic rings. The number of carbonyl (C=O) groups is 1. The summed E-state index contributed by atoms with van der Waals surface area (Å²) in [5.74, 6) is 0.844. The van der Waals surface area contributed by atoms with Gasteiger partial charge in [-0.3, -0.25) is 4.79 Å². The summed E-state index contributed by atoms with van der Waals surface area (Å²) in [5.41, 5.74) is 0. The van der Waals surface area contributed by atoms with Crippen LogP contribution in [-0.2, 0) is 9.53 Å². The van der Waals surface area contributed by atoms with Crippen molar-refractivity contribution < 1.29 is 9.53 Å². The summed E-state index contributed by atoms with van der Waals surface area (Å²) in [5, 5.41) is 6.44. The molecule has 0 radical (unpaired) electrons. The predicted octanol–water partition coefficient (Wildman–Crippen LogP) is 1.45. The summed E-state index contributed by atoms with van der Waals surface area (Å²) in [7, 11) is 0. The number of rotatable bonds is 4. The van der Waals surface area contributed by atoms with Gasteiger partial charge >= 0.3 is 0 Å². The molecule has 0 aromatic carbocycles.